The van der Waals surface area contributed by atoms with E-state index in [0.717, 1.165) is 6.54 Å². The molecule has 1 aromatic rings. The normalized spacial score (nSPS) is 18.2. The second-order valence-electron chi connectivity index (χ2n) is 5.29. The maximum Gasteiger partial charge on any atom is 0.225 e. The van der Waals surface area contributed by atoms with Crippen LogP contribution >= 0.6 is 0 Å². The number of nitrogens with two attached hydrogens (primary N) is 1. The minimum Gasteiger partial charge on any atom is -0.381 e. The summed E-state index contributed by atoms with van der Waals surface area (Å²) in [5, 5.41) is 3.38. The van der Waals surface area contributed by atoms with Gasteiger partial charge in [0.05, 0.1) is 5.41 Å². The molecule has 1 aliphatic heterocycles. The summed E-state index contributed by atoms with van der Waals surface area (Å²) < 4.78 is 5.32. The van der Waals surface area contributed by atoms with Crippen LogP contribution in [0.4, 0.5) is 0 Å². The van der Waals surface area contributed by atoms with Crippen molar-refractivity contribution in [3.8, 4) is 0 Å². The van der Waals surface area contributed by atoms with Crippen molar-refractivity contribution in [2.75, 3.05) is 19.8 Å². The summed E-state index contributed by atoms with van der Waals surface area (Å²) in [6.07, 6.45) is 1.42. The van der Waals surface area contributed by atoms with Gasteiger partial charge in [-0.1, -0.05) is 24.3 Å². The van der Waals surface area contributed by atoms with Gasteiger partial charge in [-0.05, 0) is 30.9 Å². The molecule has 0 saturated carbocycles. The number of benzene rings is 1. The van der Waals surface area contributed by atoms with Gasteiger partial charge in [0.15, 0.2) is 0 Å². The van der Waals surface area contributed by atoms with Crippen LogP contribution in [-0.4, -0.2) is 25.7 Å². The van der Waals surface area contributed by atoms with E-state index in [1.165, 1.54) is 11.1 Å². The molecule has 1 aliphatic rings. The molecule has 4 heteroatoms. The van der Waals surface area contributed by atoms with E-state index >= 15 is 0 Å². The van der Waals surface area contributed by atoms with E-state index in [0.29, 0.717) is 32.6 Å². The van der Waals surface area contributed by atoms with E-state index in [9.17, 15) is 4.79 Å². The van der Waals surface area contributed by atoms with Crippen molar-refractivity contribution >= 4 is 5.91 Å². The SMILES string of the molecule is Cc1ccccc1CNCC1(C(N)=O)CCOCC1. The molecule has 0 aromatic heterocycles. The lowest BCUT2D eigenvalue weighted by molar-refractivity contribution is -0.132. The number of amides is 1. The predicted molar refractivity (Wildman–Crippen MR) is 74.6 cm³/mol. The number of carbonyl (C=O) groups excluding carboxylic acids is 1. The number of carbonyl (C=O) groups is 1. The van der Waals surface area contributed by atoms with Gasteiger partial charge < -0.3 is 15.8 Å². The summed E-state index contributed by atoms with van der Waals surface area (Å²) in [6.45, 7) is 4.72. The maximum atomic E-state index is 11.7. The van der Waals surface area contributed by atoms with E-state index in [1.54, 1.807) is 0 Å². The smallest absolute Gasteiger partial charge is 0.225 e. The van der Waals surface area contributed by atoms with Gasteiger partial charge in [-0.3, -0.25) is 4.79 Å². The number of hydrogen-bond donors (Lipinski definition) is 2. The third-order valence-corrected chi connectivity index (χ3v) is 4.01. The highest BCUT2D eigenvalue weighted by molar-refractivity contribution is 5.81. The van der Waals surface area contributed by atoms with Gasteiger partial charge in [-0.15, -0.1) is 0 Å². The Bertz CT molecular complexity index is 440. The van der Waals surface area contributed by atoms with Crippen molar-refractivity contribution in [2.24, 2.45) is 11.1 Å². The maximum absolute atomic E-state index is 11.7. The first-order chi connectivity index (χ1) is 9.14. The van der Waals surface area contributed by atoms with Gasteiger partial charge >= 0.3 is 0 Å². The molecule has 2 rings (SSSR count). The molecule has 19 heavy (non-hydrogen) atoms. The number of nitrogens with one attached hydrogen (secondary N) is 1. The predicted octanol–water partition coefficient (Wildman–Crippen LogP) is 1.37. The molecule has 4 nitrogen and oxygen atoms in total. The largest absolute Gasteiger partial charge is 0.381 e. The van der Waals surface area contributed by atoms with Crippen molar-refractivity contribution < 1.29 is 9.53 Å². The number of rotatable bonds is 5. The summed E-state index contributed by atoms with van der Waals surface area (Å²) in [7, 11) is 0. The first-order valence-electron chi connectivity index (χ1n) is 6.77. The van der Waals surface area contributed by atoms with Crippen molar-refractivity contribution in [3.63, 3.8) is 0 Å². The quantitative estimate of drug-likeness (QED) is 0.842. The summed E-state index contributed by atoms with van der Waals surface area (Å²) in [6, 6.07) is 8.25. The molecular weight excluding hydrogens is 240 g/mol. The molecule has 1 fully saturated rings. The minimum absolute atomic E-state index is 0.215. The Morgan fingerprint density at radius 1 is 1.37 bits per heavy atom. The molecule has 3 N–H and O–H groups in total. The van der Waals surface area contributed by atoms with Crippen molar-refractivity contribution in [1.82, 2.24) is 5.32 Å². The Hall–Kier alpha value is -1.39. The number of ether oxygens (including phenoxy) is 1. The van der Waals surface area contributed by atoms with E-state index in [4.69, 9.17) is 10.5 Å². The van der Waals surface area contributed by atoms with Crippen LogP contribution in [0.5, 0.6) is 0 Å². The van der Waals surface area contributed by atoms with E-state index in [1.807, 2.05) is 12.1 Å². The fraction of sp³-hybridized carbons (Fsp3) is 0.533. The van der Waals surface area contributed by atoms with E-state index < -0.39 is 5.41 Å². The summed E-state index contributed by atoms with van der Waals surface area (Å²) >= 11 is 0. The summed E-state index contributed by atoms with van der Waals surface area (Å²) in [4.78, 5) is 11.7. The molecule has 1 amide bonds. The lowest BCUT2D eigenvalue weighted by Crippen LogP contribution is -2.48. The Balaban J connectivity index is 1.93. The van der Waals surface area contributed by atoms with E-state index in [-0.39, 0.29) is 5.91 Å². The number of primary amides is 1. The Morgan fingerprint density at radius 3 is 2.68 bits per heavy atom. The van der Waals surface area contributed by atoms with Crippen LogP contribution in [0.25, 0.3) is 0 Å². The lowest BCUT2D eigenvalue weighted by Gasteiger charge is -2.34. The molecule has 1 aromatic carbocycles. The second kappa shape index (κ2) is 6.17. The highest BCUT2D eigenvalue weighted by Crippen LogP contribution is 2.29. The fourth-order valence-corrected chi connectivity index (χ4v) is 2.52. The molecule has 0 radical (unpaired) electrons. The van der Waals surface area contributed by atoms with Gasteiger partial charge in [0.25, 0.3) is 0 Å². The average Bonchev–Trinajstić information content (AvgIpc) is 2.42. The minimum atomic E-state index is -0.444. The van der Waals surface area contributed by atoms with Crippen LogP contribution in [0.15, 0.2) is 24.3 Å². The van der Waals surface area contributed by atoms with Crippen molar-refractivity contribution in [1.29, 1.82) is 0 Å². The molecule has 1 saturated heterocycles. The summed E-state index contributed by atoms with van der Waals surface area (Å²) in [5.74, 6) is -0.215. The number of hydrogen-bond acceptors (Lipinski definition) is 3. The van der Waals surface area contributed by atoms with Gasteiger partial charge in [-0.2, -0.15) is 0 Å². The molecular formula is C15H22N2O2. The zero-order valence-electron chi connectivity index (χ0n) is 11.4. The number of aryl methyl sites for hydroxylation is 1. The van der Waals surface area contributed by atoms with Gasteiger partial charge in [0.2, 0.25) is 5.91 Å². The second-order valence-corrected chi connectivity index (χ2v) is 5.29. The standard InChI is InChI=1S/C15H22N2O2/c1-12-4-2-3-5-13(12)10-17-11-15(14(16)18)6-8-19-9-7-15/h2-5,17H,6-11H2,1H3,(H2,16,18). The topological polar surface area (TPSA) is 64.3 Å². The van der Waals surface area contributed by atoms with Crippen LogP contribution in [0.3, 0.4) is 0 Å². The molecule has 0 unspecified atom stereocenters. The Labute approximate surface area is 114 Å². The average molecular weight is 262 g/mol. The molecule has 0 aliphatic carbocycles. The van der Waals surface area contributed by atoms with Crippen LogP contribution in [0.2, 0.25) is 0 Å². The Morgan fingerprint density at radius 2 is 2.05 bits per heavy atom. The van der Waals surface area contributed by atoms with E-state index in [2.05, 4.69) is 24.4 Å². The van der Waals surface area contributed by atoms with Crippen LogP contribution < -0.4 is 11.1 Å². The molecule has 0 spiro atoms. The van der Waals surface area contributed by atoms with Crippen molar-refractivity contribution in [2.45, 2.75) is 26.3 Å². The van der Waals surface area contributed by atoms with Gasteiger partial charge in [-0.25, -0.2) is 0 Å². The third kappa shape index (κ3) is 3.33. The van der Waals surface area contributed by atoms with Gasteiger partial charge in [0.1, 0.15) is 0 Å². The summed E-state index contributed by atoms with van der Waals surface area (Å²) in [5.41, 5.74) is 7.65. The molecule has 0 atom stereocenters. The first-order valence-corrected chi connectivity index (χ1v) is 6.77. The Kier molecular flexibility index (Phi) is 4.56. The van der Waals surface area contributed by atoms with Crippen molar-refractivity contribution in [3.05, 3.63) is 35.4 Å². The monoisotopic (exact) mass is 262 g/mol. The highest BCUT2D eigenvalue weighted by atomic mass is 16.5. The third-order valence-electron chi connectivity index (χ3n) is 4.01. The first kappa shape index (κ1) is 14.0. The zero-order chi connectivity index (χ0) is 13.7. The highest BCUT2D eigenvalue weighted by Gasteiger charge is 2.37. The molecule has 1 heterocycles. The van der Waals surface area contributed by atoms with Crippen LogP contribution in [0, 0.1) is 12.3 Å². The zero-order valence-corrected chi connectivity index (χ0v) is 11.4. The lowest BCUT2D eigenvalue weighted by atomic mass is 9.79. The molecule has 0 bridgehead atoms. The molecule has 104 valence electrons. The van der Waals surface area contributed by atoms with Gasteiger partial charge in [0, 0.05) is 26.3 Å². The van der Waals surface area contributed by atoms with Crippen LogP contribution in [0.1, 0.15) is 24.0 Å². The fourth-order valence-electron chi connectivity index (χ4n) is 2.52. The van der Waals surface area contributed by atoms with Crippen LogP contribution in [-0.2, 0) is 16.1 Å².